The van der Waals surface area contributed by atoms with Crippen LogP contribution in [0.15, 0.2) is 36.2 Å². The number of allylic oxidation sites excluding steroid dienone is 4. The van der Waals surface area contributed by atoms with E-state index in [2.05, 4.69) is 5.32 Å². The van der Waals surface area contributed by atoms with Crippen molar-refractivity contribution in [2.45, 2.75) is 6.42 Å². The molecule has 1 aliphatic heterocycles. The molecule has 1 amide bonds. The Morgan fingerprint density at radius 1 is 1.45 bits per heavy atom. The van der Waals surface area contributed by atoms with E-state index in [0.717, 1.165) is 5.70 Å². The lowest BCUT2D eigenvalue weighted by molar-refractivity contribution is -0.117. The SMILES string of the molecule is NC(=O)CC1=CC=CC=CN1. The Kier molecular flexibility index (Phi) is 2.49. The van der Waals surface area contributed by atoms with Gasteiger partial charge in [-0.15, -0.1) is 0 Å². The van der Waals surface area contributed by atoms with E-state index in [4.69, 9.17) is 5.73 Å². The maximum Gasteiger partial charge on any atom is 0.223 e. The van der Waals surface area contributed by atoms with Gasteiger partial charge in [0.15, 0.2) is 0 Å². The standard InChI is InChI=1S/C8H10N2O/c9-8(11)6-7-4-2-1-3-5-10-7/h1-5,10H,6H2,(H2,9,11). The maximum absolute atomic E-state index is 10.5. The Labute approximate surface area is 65.3 Å². The Morgan fingerprint density at radius 3 is 3.00 bits per heavy atom. The van der Waals surface area contributed by atoms with Crippen LogP contribution in [-0.4, -0.2) is 5.91 Å². The minimum atomic E-state index is -0.326. The van der Waals surface area contributed by atoms with Crippen LogP contribution in [0, 0.1) is 0 Å². The van der Waals surface area contributed by atoms with Gasteiger partial charge in [0.25, 0.3) is 0 Å². The number of hydrogen-bond donors (Lipinski definition) is 2. The smallest absolute Gasteiger partial charge is 0.223 e. The summed E-state index contributed by atoms with van der Waals surface area (Å²) in [6, 6.07) is 0. The zero-order chi connectivity index (χ0) is 8.10. The first kappa shape index (κ1) is 7.60. The first-order chi connectivity index (χ1) is 5.29. The van der Waals surface area contributed by atoms with E-state index in [1.807, 2.05) is 24.3 Å². The number of rotatable bonds is 2. The lowest BCUT2D eigenvalue weighted by Crippen LogP contribution is -2.16. The topological polar surface area (TPSA) is 55.1 Å². The third kappa shape index (κ3) is 2.71. The van der Waals surface area contributed by atoms with Gasteiger partial charge in [-0.25, -0.2) is 0 Å². The highest BCUT2D eigenvalue weighted by molar-refractivity contribution is 5.76. The molecule has 0 spiro atoms. The number of nitrogens with two attached hydrogens (primary N) is 1. The van der Waals surface area contributed by atoms with Crippen molar-refractivity contribution in [1.29, 1.82) is 0 Å². The molecule has 11 heavy (non-hydrogen) atoms. The number of carbonyl (C=O) groups is 1. The molecule has 0 aromatic heterocycles. The summed E-state index contributed by atoms with van der Waals surface area (Å²) < 4.78 is 0. The highest BCUT2D eigenvalue weighted by atomic mass is 16.1. The number of hydrogen-bond acceptors (Lipinski definition) is 2. The van der Waals surface area contributed by atoms with E-state index >= 15 is 0 Å². The Balaban J connectivity index is 2.57. The van der Waals surface area contributed by atoms with Gasteiger partial charge in [0, 0.05) is 11.9 Å². The quantitative estimate of drug-likeness (QED) is 0.599. The predicted octanol–water partition coefficient (Wildman–Crippen LogP) is 0.419. The number of amides is 1. The molecule has 0 aliphatic carbocycles. The number of primary amides is 1. The Morgan fingerprint density at radius 2 is 2.27 bits per heavy atom. The minimum Gasteiger partial charge on any atom is -0.369 e. The molecule has 0 saturated heterocycles. The van der Waals surface area contributed by atoms with Gasteiger partial charge in [0.1, 0.15) is 0 Å². The van der Waals surface area contributed by atoms with Crippen molar-refractivity contribution in [3.63, 3.8) is 0 Å². The molecule has 3 heteroatoms. The summed E-state index contributed by atoms with van der Waals surface area (Å²) in [4.78, 5) is 10.5. The molecule has 1 heterocycles. The third-order valence-corrected chi connectivity index (χ3v) is 1.25. The van der Waals surface area contributed by atoms with E-state index in [1.54, 1.807) is 6.20 Å². The van der Waals surface area contributed by atoms with Crippen LogP contribution in [0.3, 0.4) is 0 Å². The molecule has 0 atom stereocenters. The second-order valence-corrected chi connectivity index (χ2v) is 2.22. The fourth-order valence-electron chi connectivity index (χ4n) is 0.792. The third-order valence-electron chi connectivity index (χ3n) is 1.25. The molecular formula is C8H10N2O. The molecule has 0 saturated carbocycles. The van der Waals surface area contributed by atoms with E-state index in [9.17, 15) is 4.79 Å². The van der Waals surface area contributed by atoms with Crippen LogP contribution in [0.4, 0.5) is 0 Å². The average molecular weight is 150 g/mol. The van der Waals surface area contributed by atoms with Crippen LogP contribution in [-0.2, 0) is 4.79 Å². The summed E-state index contributed by atoms with van der Waals surface area (Å²) in [7, 11) is 0. The van der Waals surface area contributed by atoms with E-state index < -0.39 is 0 Å². The first-order valence-electron chi connectivity index (χ1n) is 3.36. The fraction of sp³-hybridized carbons (Fsp3) is 0.125. The largest absolute Gasteiger partial charge is 0.369 e. The van der Waals surface area contributed by atoms with E-state index in [1.165, 1.54) is 0 Å². The highest BCUT2D eigenvalue weighted by Gasteiger charge is 1.98. The highest BCUT2D eigenvalue weighted by Crippen LogP contribution is 1.99. The van der Waals surface area contributed by atoms with Crippen LogP contribution in [0.25, 0.3) is 0 Å². The van der Waals surface area contributed by atoms with E-state index in [0.29, 0.717) is 0 Å². The maximum atomic E-state index is 10.5. The van der Waals surface area contributed by atoms with Gasteiger partial charge in [-0.1, -0.05) is 12.2 Å². The summed E-state index contributed by atoms with van der Waals surface area (Å²) in [5.74, 6) is -0.326. The van der Waals surface area contributed by atoms with Crippen molar-refractivity contribution in [3.8, 4) is 0 Å². The second-order valence-electron chi connectivity index (χ2n) is 2.22. The van der Waals surface area contributed by atoms with Crippen LogP contribution < -0.4 is 11.1 Å². The van der Waals surface area contributed by atoms with Gasteiger partial charge < -0.3 is 11.1 Å². The minimum absolute atomic E-state index is 0.259. The van der Waals surface area contributed by atoms with Gasteiger partial charge in [0.05, 0.1) is 6.42 Å². The summed E-state index contributed by atoms with van der Waals surface area (Å²) >= 11 is 0. The molecule has 0 aromatic carbocycles. The van der Waals surface area contributed by atoms with Gasteiger partial charge >= 0.3 is 0 Å². The van der Waals surface area contributed by atoms with Crippen LogP contribution >= 0.6 is 0 Å². The molecule has 0 radical (unpaired) electrons. The zero-order valence-electron chi connectivity index (χ0n) is 6.08. The molecule has 1 rings (SSSR count). The van der Waals surface area contributed by atoms with E-state index in [-0.39, 0.29) is 12.3 Å². The lowest BCUT2D eigenvalue weighted by Gasteiger charge is -2.01. The van der Waals surface area contributed by atoms with Crippen molar-refractivity contribution in [3.05, 3.63) is 36.2 Å². The van der Waals surface area contributed by atoms with Crippen molar-refractivity contribution < 1.29 is 4.79 Å². The van der Waals surface area contributed by atoms with Crippen molar-refractivity contribution >= 4 is 5.91 Å². The molecular weight excluding hydrogens is 140 g/mol. The molecule has 3 N–H and O–H groups in total. The summed E-state index contributed by atoms with van der Waals surface area (Å²) in [6.45, 7) is 0. The molecule has 0 unspecified atom stereocenters. The van der Waals surface area contributed by atoms with Crippen molar-refractivity contribution in [2.75, 3.05) is 0 Å². The second kappa shape index (κ2) is 3.61. The van der Waals surface area contributed by atoms with Gasteiger partial charge in [-0.05, 0) is 12.2 Å². The van der Waals surface area contributed by atoms with Crippen LogP contribution in [0.1, 0.15) is 6.42 Å². The van der Waals surface area contributed by atoms with Gasteiger partial charge in [-0.3, -0.25) is 4.79 Å². The van der Waals surface area contributed by atoms with Crippen molar-refractivity contribution in [2.24, 2.45) is 5.73 Å². The molecule has 0 fully saturated rings. The van der Waals surface area contributed by atoms with Gasteiger partial charge in [0.2, 0.25) is 5.91 Å². The molecule has 1 aliphatic rings. The predicted molar refractivity (Wildman–Crippen MR) is 43.3 cm³/mol. The monoisotopic (exact) mass is 150 g/mol. The molecule has 0 bridgehead atoms. The lowest BCUT2D eigenvalue weighted by atomic mass is 10.3. The Hall–Kier alpha value is -1.51. The van der Waals surface area contributed by atoms with Crippen molar-refractivity contribution in [1.82, 2.24) is 5.32 Å². The zero-order valence-corrected chi connectivity index (χ0v) is 6.08. The molecule has 0 aromatic rings. The van der Waals surface area contributed by atoms with Crippen LogP contribution in [0.2, 0.25) is 0 Å². The fourth-order valence-corrected chi connectivity index (χ4v) is 0.792. The normalized spacial score (nSPS) is 15.1. The Bertz CT molecular complexity index is 238. The number of carbonyl (C=O) groups excluding carboxylic acids is 1. The first-order valence-corrected chi connectivity index (χ1v) is 3.36. The summed E-state index contributed by atoms with van der Waals surface area (Å²) in [6.07, 6.45) is 9.43. The molecule has 58 valence electrons. The summed E-state index contributed by atoms with van der Waals surface area (Å²) in [5, 5.41) is 2.93. The van der Waals surface area contributed by atoms with Gasteiger partial charge in [-0.2, -0.15) is 0 Å². The summed E-state index contributed by atoms with van der Waals surface area (Å²) in [5.41, 5.74) is 5.83. The van der Waals surface area contributed by atoms with Crippen LogP contribution in [0.5, 0.6) is 0 Å². The number of nitrogens with one attached hydrogen (secondary N) is 1. The molecule has 3 nitrogen and oxygen atoms in total. The average Bonchev–Trinajstić information content (AvgIpc) is 2.14.